The van der Waals surface area contributed by atoms with Gasteiger partial charge in [-0.05, 0) is 54.8 Å². The summed E-state index contributed by atoms with van der Waals surface area (Å²) in [6.45, 7) is 3.32. The number of aromatic amines is 2. The van der Waals surface area contributed by atoms with Gasteiger partial charge in [-0.2, -0.15) is 0 Å². The Labute approximate surface area is 337 Å². The Hall–Kier alpha value is -5.23. The molecule has 6 atom stereocenters. The van der Waals surface area contributed by atoms with Crippen LogP contribution in [0, 0.1) is 13.8 Å². The molecule has 2 saturated heterocycles. The molecule has 0 amide bonds. The van der Waals surface area contributed by atoms with Gasteiger partial charge < -0.3 is 33.5 Å². The number of nitrogens with zero attached hydrogens (tertiary/aromatic N) is 2. The van der Waals surface area contributed by atoms with E-state index in [1.807, 2.05) is 78.9 Å². The van der Waals surface area contributed by atoms with Crippen LogP contribution in [0.5, 0.6) is 11.5 Å². The lowest BCUT2D eigenvalue weighted by molar-refractivity contribution is -0.0767. The maximum atomic E-state index is 13.1. The number of benzene rings is 3. The molecule has 2 aliphatic heterocycles. The first kappa shape index (κ1) is 40.9. The van der Waals surface area contributed by atoms with Crippen molar-refractivity contribution in [1.29, 1.82) is 0 Å². The number of hydrogen-bond donors (Lipinski definition) is 3. The molecule has 3 aromatic carbocycles. The molecule has 2 aromatic heterocycles. The van der Waals surface area contributed by atoms with Crippen molar-refractivity contribution >= 4 is 11.8 Å². The summed E-state index contributed by atoms with van der Waals surface area (Å²) in [5.74, 6) is 1.55. The maximum absolute atomic E-state index is 13.1. The van der Waals surface area contributed by atoms with Crippen molar-refractivity contribution in [3.8, 4) is 11.5 Å². The summed E-state index contributed by atoms with van der Waals surface area (Å²) in [7, 11) is 3.23. The smallest absolute Gasteiger partial charge is 0.330 e. The van der Waals surface area contributed by atoms with E-state index in [2.05, 4.69) is 9.97 Å². The van der Waals surface area contributed by atoms with Crippen LogP contribution in [-0.4, -0.2) is 81.1 Å². The van der Waals surface area contributed by atoms with E-state index in [0.717, 1.165) is 16.7 Å². The van der Waals surface area contributed by atoms with E-state index in [4.69, 9.17) is 28.4 Å². The van der Waals surface area contributed by atoms with Crippen LogP contribution in [-0.2, 0) is 24.5 Å². The van der Waals surface area contributed by atoms with Gasteiger partial charge in [-0.15, -0.1) is 11.8 Å². The van der Waals surface area contributed by atoms with E-state index in [9.17, 15) is 24.3 Å². The van der Waals surface area contributed by atoms with Gasteiger partial charge in [0.2, 0.25) is 0 Å². The average molecular weight is 815 g/mol. The lowest BCUT2D eigenvalue weighted by atomic mass is 9.80. The fraction of sp³-hybridized carbons (Fsp3) is 0.381. The predicted octanol–water partition coefficient (Wildman–Crippen LogP) is 3.74. The third-order valence-electron chi connectivity index (χ3n) is 10.6. The van der Waals surface area contributed by atoms with Gasteiger partial charge >= 0.3 is 11.4 Å². The molecule has 58 heavy (non-hydrogen) atoms. The second-order valence-corrected chi connectivity index (χ2v) is 15.4. The first-order valence-corrected chi connectivity index (χ1v) is 19.9. The van der Waals surface area contributed by atoms with Crippen LogP contribution >= 0.6 is 11.8 Å². The van der Waals surface area contributed by atoms with Gasteiger partial charge in [0.15, 0.2) is 0 Å². The van der Waals surface area contributed by atoms with Crippen LogP contribution in [0.4, 0.5) is 0 Å². The molecule has 306 valence electrons. The Morgan fingerprint density at radius 2 is 1.21 bits per heavy atom. The highest BCUT2D eigenvalue weighted by molar-refractivity contribution is 7.99. The number of aromatic nitrogens is 4. The molecule has 0 aliphatic carbocycles. The van der Waals surface area contributed by atoms with Crippen LogP contribution in [0.1, 0.15) is 53.1 Å². The summed E-state index contributed by atoms with van der Waals surface area (Å²) >= 11 is 1.46. The zero-order chi connectivity index (χ0) is 41.0. The zero-order valence-electron chi connectivity index (χ0n) is 32.5. The van der Waals surface area contributed by atoms with Crippen molar-refractivity contribution in [2.75, 3.05) is 33.4 Å². The molecule has 7 rings (SSSR count). The topological polar surface area (TPSA) is 185 Å². The number of aliphatic hydroxyl groups is 1. The summed E-state index contributed by atoms with van der Waals surface area (Å²) in [5.41, 5.74) is -0.0288. The number of aliphatic hydroxyl groups excluding tert-OH is 1. The van der Waals surface area contributed by atoms with Gasteiger partial charge in [-0.1, -0.05) is 54.6 Å². The lowest BCUT2D eigenvalue weighted by Gasteiger charge is -2.37. The van der Waals surface area contributed by atoms with E-state index >= 15 is 0 Å². The Bertz CT molecular complexity index is 2370. The predicted molar refractivity (Wildman–Crippen MR) is 216 cm³/mol. The van der Waals surface area contributed by atoms with Crippen molar-refractivity contribution in [3.05, 3.63) is 161 Å². The van der Waals surface area contributed by atoms with Crippen molar-refractivity contribution in [2.24, 2.45) is 0 Å². The second kappa shape index (κ2) is 17.7. The van der Waals surface area contributed by atoms with Gasteiger partial charge in [0.25, 0.3) is 11.1 Å². The maximum Gasteiger partial charge on any atom is 0.330 e. The summed E-state index contributed by atoms with van der Waals surface area (Å²) in [6.07, 6.45) is -0.245. The molecule has 0 unspecified atom stereocenters. The summed E-state index contributed by atoms with van der Waals surface area (Å²) in [5, 5.41) is 10.5. The molecule has 2 fully saturated rings. The number of ether oxygens (including phenoxy) is 6. The van der Waals surface area contributed by atoms with Gasteiger partial charge in [-0.25, -0.2) is 9.59 Å². The Kier molecular flexibility index (Phi) is 12.5. The summed E-state index contributed by atoms with van der Waals surface area (Å²) in [6, 6.07) is 25.3. The highest BCUT2D eigenvalue weighted by Gasteiger charge is 2.43. The fourth-order valence-electron chi connectivity index (χ4n) is 7.41. The molecule has 4 heterocycles. The van der Waals surface area contributed by atoms with E-state index in [0.29, 0.717) is 29.0 Å². The number of thioether (sulfide) groups is 1. The number of nitrogens with one attached hydrogen (secondary N) is 2. The molecule has 5 aromatic rings. The highest BCUT2D eigenvalue weighted by atomic mass is 32.2. The number of rotatable bonds is 15. The fourth-order valence-corrected chi connectivity index (χ4v) is 8.44. The SMILES string of the molecule is COc1ccc(C(OC[C@H]2O[C@@H](n3cc(C)c(=O)[nH]c3=O)C[C@@H]2SCOC[C@H]2O[C@@H](n3cc(C)c(=O)[nH]c3=O)C[C@@H]2O)(c2ccccc2)c2ccc(OC)cc2)cc1. The minimum atomic E-state index is -1.13. The molecule has 0 saturated carbocycles. The minimum absolute atomic E-state index is 0.0323. The molecule has 0 radical (unpaired) electrons. The summed E-state index contributed by atoms with van der Waals surface area (Å²) in [4.78, 5) is 54.3. The Morgan fingerprint density at radius 1 is 0.707 bits per heavy atom. The van der Waals surface area contributed by atoms with Crippen LogP contribution in [0.15, 0.2) is 110 Å². The Morgan fingerprint density at radius 3 is 1.74 bits per heavy atom. The number of methoxy groups -OCH3 is 2. The van der Waals surface area contributed by atoms with Gasteiger partial charge in [0, 0.05) is 41.6 Å². The lowest BCUT2D eigenvalue weighted by Crippen LogP contribution is -2.38. The van der Waals surface area contributed by atoms with E-state index in [1.54, 1.807) is 28.1 Å². The third kappa shape index (κ3) is 8.48. The van der Waals surface area contributed by atoms with Gasteiger partial charge in [-0.3, -0.25) is 28.7 Å². The molecule has 16 heteroatoms. The van der Waals surface area contributed by atoms with E-state index in [1.165, 1.54) is 33.3 Å². The quantitative estimate of drug-likeness (QED) is 0.0792. The van der Waals surface area contributed by atoms with Crippen LogP contribution < -0.4 is 32.0 Å². The van der Waals surface area contributed by atoms with Crippen molar-refractivity contribution in [3.63, 3.8) is 0 Å². The molecular weight excluding hydrogens is 769 g/mol. The van der Waals surface area contributed by atoms with Crippen LogP contribution in [0.2, 0.25) is 0 Å². The highest BCUT2D eigenvalue weighted by Crippen LogP contribution is 2.44. The van der Waals surface area contributed by atoms with Crippen molar-refractivity contribution in [1.82, 2.24) is 19.1 Å². The summed E-state index contributed by atoms with van der Waals surface area (Å²) < 4.78 is 39.5. The number of aryl methyl sites for hydroxylation is 2. The van der Waals surface area contributed by atoms with Crippen LogP contribution in [0.3, 0.4) is 0 Å². The minimum Gasteiger partial charge on any atom is -0.497 e. The second-order valence-electron chi connectivity index (χ2n) is 14.3. The number of hydrogen-bond acceptors (Lipinski definition) is 12. The van der Waals surface area contributed by atoms with E-state index < -0.39 is 58.9 Å². The third-order valence-corrected chi connectivity index (χ3v) is 11.8. The molecule has 0 spiro atoms. The van der Waals surface area contributed by atoms with Gasteiger partial charge in [0.1, 0.15) is 35.7 Å². The molecule has 0 bridgehead atoms. The largest absolute Gasteiger partial charge is 0.497 e. The van der Waals surface area contributed by atoms with Gasteiger partial charge in [0.05, 0.1) is 45.6 Å². The molecule has 2 aliphatic rings. The molecular formula is C42H46N4O11S. The average Bonchev–Trinajstić information content (AvgIpc) is 3.82. The Balaban J connectivity index is 1.14. The van der Waals surface area contributed by atoms with E-state index in [-0.39, 0.29) is 30.8 Å². The first-order chi connectivity index (χ1) is 28.0. The van der Waals surface area contributed by atoms with Crippen molar-refractivity contribution in [2.45, 2.75) is 68.3 Å². The van der Waals surface area contributed by atoms with Crippen molar-refractivity contribution < 1.29 is 33.5 Å². The standard InChI is InChI=1S/C42H46N4O11S/c1-25-20-45(40(50)43-38(25)48)36-18-32(47)33(56-36)22-54-24-58-35-19-37(46-21-26(2)39(49)44-41(46)51)57-34(35)23-55-42(27-8-6-5-7-9-27,28-10-14-30(52-3)15-11-28)29-12-16-31(53-4)17-13-29/h5-17,20-21,32-37,47H,18-19,22-24H2,1-4H3,(H,43,48,50)(H,44,49,51)/t32-,33+,34+,35-,36+,37+/m0/s1. The molecule has 15 nitrogen and oxygen atoms in total. The van der Waals surface area contributed by atoms with Crippen LogP contribution in [0.25, 0.3) is 0 Å². The first-order valence-electron chi connectivity index (χ1n) is 18.8. The normalized spacial score (nSPS) is 21.9. The number of H-pyrrole nitrogens is 2. The zero-order valence-corrected chi connectivity index (χ0v) is 33.3. The monoisotopic (exact) mass is 814 g/mol. The molecule has 3 N–H and O–H groups in total.